The standard InChI is InChI=1S/C20H23NO5/c1-24-16-9-12-6-7-21-10-13-11(4-5-15(22)19(13)25-2)8-14(21)17(12)18(23)20(16)26-3/h4-5,9,14,22-23H,6-8,10H2,1-3H3. The third-order valence-corrected chi connectivity index (χ3v) is 5.53. The van der Waals surface area contributed by atoms with E-state index in [0.717, 1.165) is 41.6 Å². The van der Waals surface area contributed by atoms with E-state index in [0.29, 0.717) is 23.8 Å². The molecule has 0 saturated heterocycles. The third kappa shape index (κ3) is 2.36. The van der Waals surface area contributed by atoms with Gasteiger partial charge in [0.15, 0.2) is 23.0 Å². The van der Waals surface area contributed by atoms with Gasteiger partial charge in [-0.1, -0.05) is 6.07 Å². The topological polar surface area (TPSA) is 71.4 Å². The zero-order chi connectivity index (χ0) is 18.4. The normalized spacial score (nSPS) is 18.5. The van der Waals surface area contributed by atoms with Crippen LogP contribution in [0.25, 0.3) is 0 Å². The van der Waals surface area contributed by atoms with Gasteiger partial charge in [-0.15, -0.1) is 0 Å². The molecule has 0 amide bonds. The molecule has 2 aromatic carbocycles. The number of phenolic OH excluding ortho intramolecular Hbond substituents is 2. The molecule has 2 aromatic rings. The molecule has 2 aliphatic rings. The fraction of sp³-hybridized carbons (Fsp3) is 0.400. The second-order valence-corrected chi connectivity index (χ2v) is 6.73. The van der Waals surface area contributed by atoms with Gasteiger partial charge in [-0.3, -0.25) is 4.90 Å². The minimum absolute atomic E-state index is 0.0558. The van der Waals surface area contributed by atoms with Crippen LogP contribution >= 0.6 is 0 Å². The third-order valence-electron chi connectivity index (χ3n) is 5.53. The largest absolute Gasteiger partial charge is 0.504 e. The first-order valence-electron chi connectivity index (χ1n) is 8.67. The predicted molar refractivity (Wildman–Crippen MR) is 96.4 cm³/mol. The Balaban J connectivity index is 1.82. The van der Waals surface area contributed by atoms with Gasteiger partial charge in [-0.2, -0.15) is 0 Å². The summed E-state index contributed by atoms with van der Waals surface area (Å²) in [4.78, 5) is 2.32. The summed E-state index contributed by atoms with van der Waals surface area (Å²) in [6, 6.07) is 5.64. The smallest absolute Gasteiger partial charge is 0.203 e. The lowest BCUT2D eigenvalue weighted by Crippen LogP contribution is -2.39. The molecule has 2 N–H and O–H groups in total. The first-order chi connectivity index (χ1) is 12.6. The van der Waals surface area contributed by atoms with Gasteiger partial charge >= 0.3 is 0 Å². The van der Waals surface area contributed by atoms with E-state index in [2.05, 4.69) is 4.90 Å². The molecule has 1 atom stereocenters. The molecule has 2 heterocycles. The van der Waals surface area contributed by atoms with Crippen molar-refractivity contribution in [1.82, 2.24) is 4.90 Å². The second-order valence-electron chi connectivity index (χ2n) is 6.73. The van der Waals surface area contributed by atoms with Crippen molar-refractivity contribution >= 4 is 0 Å². The number of fused-ring (bicyclic) bond motifs is 4. The van der Waals surface area contributed by atoms with Crippen molar-refractivity contribution in [3.63, 3.8) is 0 Å². The summed E-state index contributed by atoms with van der Waals surface area (Å²) in [5.74, 6) is 1.80. The van der Waals surface area contributed by atoms with E-state index in [-0.39, 0.29) is 17.5 Å². The van der Waals surface area contributed by atoms with E-state index in [4.69, 9.17) is 14.2 Å². The molecule has 0 fully saturated rings. The number of hydrogen-bond acceptors (Lipinski definition) is 6. The zero-order valence-electron chi connectivity index (χ0n) is 15.2. The average molecular weight is 357 g/mol. The summed E-state index contributed by atoms with van der Waals surface area (Å²) < 4.78 is 16.2. The number of methoxy groups -OCH3 is 3. The Bertz CT molecular complexity index is 864. The fourth-order valence-corrected chi connectivity index (χ4v) is 4.30. The first kappa shape index (κ1) is 16.8. The molecule has 0 saturated carbocycles. The predicted octanol–water partition coefficient (Wildman–Crippen LogP) is 2.78. The van der Waals surface area contributed by atoms with E-state index in [1.807, 2.05) is 12.1 Å². The van der Waals surface area contributed by atoms with E-state index < -0.39 is 0 Å². The minimum Gasteiger partial charge on any atom is -0.504 e. The molecule has 0 spiro atoms. The van der Waals surface area contributed by atoms with Crippen LogP contribution in [0.15, 0.2) is 18.2 Å². The molecule has 1 unspecified atom stereocenters. The number of phenols is 2. The highest BCUT2D eigenvalue weighted by Crippen LogP contribution is 2.50. The van der Waals surface area contributed by atoms with Crippen LogP contribution in [0.5, 0.6) is 28.7 Å². The molecule has 6 heteroatoms. The van der Waals surface area contributed by atoms with Gasteiger partial charge in [-0.05, 0) is 36.1 Å². The lowest BCUT2D eigenvalue weighted by molar-refractivity contribution is 0.153. The van der Waals surface area contributed by atoms with Gasteiger partial charge < -0.3 is 24.4 Å². The number of ether oxygens (including phenoxy) is 3. The maximum Gasteiger partial charge on any atom is 0.203 e. The number of benzene rings is 2. The van der Waals surface area contributed by atoms with Gasteiger partial charge in [0.25, 0.3) is 0 Å². The molecule has 138 valence electrons. The Morgan fingerprint density at radius 1 is 1.00 bits per heavy atom. The summed E-state index contributed by atoms with van der Waals surface area (Å²) >= 11 is 0. The Kier molecular flexibility index (Phi) is 4.07. The SMILES string of the molecule is COc1cc2c(c(O)c1OC)C1Cc3ccc(O)c(OC)c3CN1CC2. The highest BCUT2D eigenvalue weighted by atomic mass is 16.5. The summed E-state index contributed by atoms with van der Waals surface area (Å²) in [5.41, 5.74) is 4.15. The van der Waals surface area contributed by atoms with Crippen LogP contribution in [-0.2, 0) is 19.4 Å². The Labute approximate surface area is 152 Å². The number of hydrogen-bond donors (Lipinski definition) is 2. The average Bonchev–Trinajstić information content (AvgIpc) is 2.65. The highest BCUT2D eigenvalue weighted by Gasteiger charge is 2.37. The molecule has 0 aliphatic carbocycles. The van der Waals surface area contributed by atoms with Crippen LogP contribution in [-0.4, -0.2) is 43.0 Å². The van der Waals surface area contributed by atoms with Gasteiger partial charge in [0.1, 0.15) is 0 Å². The maximum atomic E-state index is 10.9. The van der Waals surface area contributed by atoms with E-state index in [1.54, 1.807) is 20.3 Å². The molecule has 4 rings (SSSR count). The van der Waals surface area contributed by atoms with E-state index >= 15 is 0 Å². The maximum absolute atomic E-state index is 10.9. The number of nitrogens with zero attached hydrogens (tertiary/aromatic N) is 1. The molecule has 6 nitrogen and oxygen atoms in total. The lowest BCUT2D eigenvalue weighted by atomic mass is 9.83. The minimum atomic E-state index is 0.0558. The van der Waals surface area contributed by atoms with E-state index in [1.165, 1.54) is 7.11 Å². The molecule has 0 aromatic heterocycles. The van der Waals surface area contributed by atoms with Gasteiger partial charge in [-0.25, -0.2) is 0 Å². The Morgan fingerprint density at radius 2 is 1.77 bits per heavy atom. The molecule has 0 bridgehead atoms. The van der Waals surface area contributed by atoms with Crippen LogP contribution in [0.2, 0.25) is 0 Å². The fourth-order valence-electron chi connectivity index (χ4n) is 4.30. The summed E-state index contributed by atoms with van der Waals surface area (Å²) in [6.45, 7) is 1.54. The second kappa shape index (κ2) is 6.29. The van der Waals surface area contributed by atoms with Crippen LogP contribution in [0.4, 0.5) is 0 Å². The number of rotatable bonds is 3. The quantitative estimate of drug-likeness (QED) is 0.880. The van der Waals surface area contributed by atoms with Crippen molar-refractivity contribution in [3.8, 4) is 28.7 Å². The molecule has 2 aliphatic heterocycles. The monoisotopic (exact) mass is 357 g/mol. The first-order valence-corrected chi connectivity index (χ1v) is 8.67. The van der Waals surface area contributed by atoms with Crippen LogP contribution in [0.3, 0.4) is 0 Å². The summed E-state index contributed by atoms with van der Waals surface area (Å²) in [7, 11) is 4.69. The summed E-state index contributed by atoms with van der Waals surface area (Å²) in [6.07, 6.45) is 1.55. The van der Waals surface area contributed by atoms with Crippen molar-refractivity contribution < 1.29 is 24.4 Å². The summed E-state index contributed by atoms with van der Waals surface area (Å²) in [5, 5.41) is 21.0. The van der Waals surface area contributed by atoms with Gasteiger partial charge in [0, 0.05) is 30.3 Å². The van der Waals surface area contributed by atoms with Crippen LogP contribution < -0.4 is 14.2 Å². The van der Waals surface area contributed by atoms with Gasteiger partial charge in [0.2, 0.25) is 5.75 Å². The van der Waals surface area contributed by atoms with Crippen molar-refractivity contribution in [3.05, 3.63) is 40.5 Å². The lowest BCUT2D eigenvalue weighted by Gasteiger charge is -2.42. The van der Waals surface area contributed by atoms with Crippen molar-refractivity contribution in [2.45, 2.75) is 25.4 Å². The van der Waals surface area contributed by atoms with E-state index in [9.17, 15) is 10.2 Å². The number of aromatic hydroxyl groups is 2. The van der Waals surface area contributed by atoms with Crippen LogP contribution in [0, 0.1) is 0 Å². The highest BCUT2D eigenvalue weighted by molar-refractivity contribution is 5.61. The Morgan fingerprint density at radius 3 is 2.46 bits per heavy atom. The van der Waals surface area contributed by atoms with Crippen molar-refractivity contribution in [2.75, 3.05) is 27.9 Å². The Hall–Kier alpha value is -2.60. The molecule has 26 heavy (non-hydrogen) atoms. The van der Waals surface area contributed by atoms with Crippen molar-refractivity contribution in [2.24, 2.45) is 0 Å². The van der Waals surface area contributed by atoms with Crippen LogP contribution in [0.1, 0.15) is 28.3 Å². The van der Waals surface area contributed by atoms with Gasteiger partial charge in [0.05, 0.1) is 21.3 Å². The zero-order valence-corrected chi connectivity index (χ0v) is 15.2. The molecular formula is C20H23NO5. The molecule has 0 radical (unpaired) electrons. The molecular weight excluding hydrogens is 334 g/mol. The van der Waals surface area contributed by atoms with Crippen molar-refractivity contribution in [1.29, 1.82) is 0 Å².